The van der Waals surface area contributed by atoms with Gasteiger partial charge in [0.25, 0.3) is 0 Å². The third-order valence-electron chi connectivity index (χ3n) is 4.84. The molecular formula is C20H24N2O3S. The van der Waals surface area contributed by atoms with Crippen LogP contribution in [0.2, 0.25) is 0 Å². The number of hydrogen-bond donors (Lipinski definition) is 0. The first-order valence-electron chi connectivity index (χ1n) is 8.82. The van der Waals surface area contributed by atoms with Crippen molar-refractivity contribution in [3.8, 4) is 0 Å². The second-order valence-corrected chi connectivity index (χ2v) is 8.56. The van der Waals surface area contributed by atoms with Gasteiger partial charge in [0, 0.05) is 19.3 Å². The van der Waals surface area contributed by atoms with Crippen LogP contribution in [-0.4, -0.2) is 38.3 Å². The number of nitrogens with zero attached hydrogens (tertiary/aromatic N) is 2. The van der Waals surface area contributed by atoms with Crippen LogP contribution in [0, 0.1) is 6.92 Å². The predicted molar refractivity (Wildman–Crippen MR) is 103 cm³/mol. The van der Waals surface area contributed by atoms with Gasteiger partial charge in [0.15, 0.2) is 0 Å². The highest BCUT2D eigenvalue weighted by molar-refractivity contribution is 7.89. The Balaban J connectivity index is 1.90. The van der Waals surface area contributed by atoms with E-state index in [-0.39, 0.29) is 10.8 Å². The molecule has 1 amide bonds. The van der Waals surface area contributed by atoms with Crippen molar-refractivity contribution in [3.05, 3.63) is 60.2 Å². The zero-order chi connectivity index (χ0) is 18.7. The molecule has 0 N–H and O–H groups in total. The average Bonchev–Trinajstić information content (AvgIpc) is 2.68. The maximum absolute atomic E-state index is 13.1. The van der Waals surface area contributed by atoms with Gasteiger partial charge in [-0.2, -0.15) is 4.31 Å². The maximum Gasteiger partial charge on any atom is 0.245 e. The Hall–Kier alpha value is -2.18. The lowest BCUT2D eigenvalue weighted by Crippen LogP contribution is -2.52. The number of carbonyl (C=O) groups is 1. The van der Waals surface area contributed by atoms with Crippen LogP contribution in [-0.2, 0) is 14.8 Å². The number of anilines is 1. The molecule has 1 atom stereocenters. The Morgan fingerprint density at radius 3 is 2.35 bits per heavy atom. The molecule has 1 aliphatic heterocycles. The second kappa shape index (κ2) is 7.60. The van der Waals surface area contributed by atoms with Crippen molar-refractivity contribution in [1.29, 1.82) is 0 Å². The Kier molecular flexibility index (Phi) is 5.44. The van der Waals surface area contributed by atoms with Gasteiger partial charge in [-0.3, -0.25) is 4.79 Å². The summed E-state index contributed by atoms with van der Waals surface area (Å²) in [5.74, 6) is -0.188. The van der Waals surface area contributed by atoms with Crippen molar-refractivity contribution in [3.63, 3.8) is 0 Å². The number of sulfonamides is 1. The minimum absolute atomic E-state index is 0.188. The third-order valence-corrected chi connectivity index (χ3v) is 6.76. The summed E-state index contributed by atoms with van der Waals surface area (Å²) < 4.78 is 27.6. The van der Waals surface area contributed by atoms with Crippen LogP contribution in [0.15, 0.2) is 59.5 Å². The Morgan fingerprint density at radius 2 is 1.69 bits per heavy atom. The van der Waals surface area contributed by atoms with Crippen molar-refractivity contribution < 1.29 is 13.2 Å². The van der Waals surface area contributed by atoms with Crippen molar-refractivity contribution in [2.24, 2.45) is 0 Å². The summed E-state index contributed by atoms with van der Waals surface area (Å²) in [6, 6.07) is 15.4. The van der Waals surface area contributed by atoms with E-state index >= 15 is 0 Å². The summed E-state index contributed by atoms with van der Waals surface area (Å²) >= 11 is 0. The van der Waals surface area contributed by atoms with E-state index in [0.717, 1.165) is 24.1 Å². The molecule has 5 nitrogen and oxygen atoms in total. The second-order valence-electron chi connectivity index (χ2n) is 6.67. The fourth-order valence-electron chi connectivity index (χ4n) is 3.29. The molecular weight excluding hydrogens is 348 g/mol. The third kappa shape index (κ3) is 3.66. The summed E-state index contributed by atoms with van der Waals surface area (Å²) in [7, 11) is -2.01. The van der Waals surface area contributed by atoms with Gasteiger partial charge in [0.2, 0.25) is 15.9 Å². The molecule has 2 aromatic carbocycles. The molecule has 1 fully saturated rings. The van der Waals surface area contributed by atoms with Crippen LogP contribution in [0.4, 0.5) is 5.69 Å². The number of likely N-dealkylation sites (N-methyl/N-ethyl adjacent to an activating group) is 1. The quantitative estimate of drug-likeness (QED) is 0.828. The predicted octanol–water partition coefficient (Wildman–Crippen LogP) is 3.20. The molecule has 0 unspecified atom stereocenters. The summed E-state index contributed by atoms with van der Waals surface area (Å²) in [4.78, 5) is 14.9. The minimum atomic E-state index is -3.70. The molecule has 1 aliphatic rings. The molecule has 1 heterocycles. The summed E-state index contributed by atoms with van der Waals surface area (Å²) in [5.41, 5.74) is 1.76. The molecule has 0 saturated carbocycles. The average molecular weight is 372 g/mol. The van der Waals surface area contributed by atoms with E-state index in [1.165, 1.54) is 4.31 Å². The largest absolute Gasteiger partial charge is 0.314 e. The fourth-order valence-corrected chi connectivity index (χ4v) is 4.94. The number of carbonyl (C=O) groups excluding carboxylic acids is 1. The van der Waals surface area contributed by atoms with Gasteiger partial charge in [-0.15, -0.1) is 0 Å². The first-order valence-corrected chi connectivity index (χ1v) is 10.3. The smallest absolute Gasteiger partial charge is 0.245 e. The van der Waals surface area contributed by atoms with Crippen LogP contribution >= 0.6 is 0 Å². The fraction of sp³-hybridized carbons (Fsp3) is 0.350. The van der Waals surface area contributed by atoms with E-state index in [1.807, 2.05) is 37.3 Å². The van der Waals surface area contributed by atoms with E-state index in [0.29, 0.717) is 13.0 Å². The number of aryl methyl sites for hydroxylation is 1. The number of hydrogen-bond acceptors (Lipinski definition) is 3. The lowest BCUT2D eigenvalue weighted by Gasteiger charge is -2.35. The molecule has 0 bridgehead atoms. The molecule has 0 aliphatic carbocycles. The zero-order valence-corrected chi connectivity index (χ0v) is 15.9. The zero-order valence-electron chi connectivity index (χ0n) is 15.1. The van der Waals surface area contributed by atoms with E-state index in [1.54, 1.807) is 36.2 Å². The maximum atomic E-state index is 13.1. The van der Waals surface area contributed by atoms with Gasteiger partial charge in [0.1, 0.15) is 6.04 Å². The first-order chi connectivity index (χ1) is 12.4. The van der Waals surface area contributed by atoms with Gasteiger partial charge in [-0.25, -0.2) is 8.42 Å². The monoisotopic (exact) mass is 372 g/mol. The summed E-state index contributed by atoms with van der Waals surface area (Å²) in [5, 5.41) is 0. The van der Waals surface area contributed by atoms with Crippen molar-refractivity contribution in [2.75, 3.05) is 18.5 Å². The van der Waals surface area contributed by atoms with Gasteiger partial charge in [-0.05, 0) is 44.0 Å². The summed E-state index contributed by atoms with van der Waals surface area (Å²) in [6.45, 7) is 2.29. The van der Waals surface area contributed by atoms with Gasteiger partial charge in [0.05, 0.1) is 4.90 Å². The van der Waals surface area contributed by atoms with Crippen LogP contribution in [0.1, 0.15) is 24.8 Å². The van der Waals surface area contributed by atoms with E-state index in [4.69, 9.17) is 0 Å². The molecule has 3 rings (SSSR count). The van der Waals surface area contributed by atoms with Gasteiger partial charge >= 0.3 is 0 Å². The number of amides is 1. The molecule has 0 radical (unpaired) electrons. The van der Waals surface area contributed by atoms with Gasteiger partial charge in [-0.1, -0.05) is 42.3 Å². The van der Waals surface area contributed by atoms with Crippen molar-refractivity contribution in [2.45, 2.75) is 37.1 Å². The molecule has 1 saturated heterocycles. The molecule has 0 spiro atoms. The lowest BCUT2D eigenvalue weighted by molar-refractivity contribution is -0.122. The molecule has 0 aromatic heterocycles. The van der Waals surface area contributed by atoms with E-state index in [2.05, 4.69) is 0 Å². The van der Waals surface area contributed by atoms with E-state index < -0.39 is 16.1 Å². The van der Waals surface area contributed by atoms with Crippen molar-refractivity contribution >= 4 is 21.6 Å². The highest BCUT2D eigenvalue weighted by atomic mass is 32.2. The summed E-state index contributed by atoms with van der Waals surface area (Å²) in [6.07, 6.45) is 2.16. The molecule has 6 heteroatoms. The number of piperidine rings is 1. The van der Waals surface area contributed by atoms with Crippen LogP contribution in [0.3, 0.4) is 0 Å². The Labute approximate surface area is 155 Å². The molecule has 138 valence electrons. The van der Waals surface area contributed by atoms with Crippen LogP contribution < -0.4 is 4.90 Å². The highest BCUT2D eigenvalue weighted by Crippen LogP contribution is 2.27. The minimum Gasteiger partial charge on any atom is -0.314 e. The van der Waals surface area contributed by atoms with Crippen LogP contribution in [0.25, 0.3) is 0 Å². The van der Waals surface area contributed by atoms with E-state index in [9.17, 15) is 13.2 Å². The Morgan fingerprint density at radius 1 is 1.04 bits per heavy atom. The molecule has 2 aromatic rings. The SMILES string of the molecule is Cc1ccc(S(=O)(=O)N2CCCC[C@@H]2C(=O)N(C)c2ccccc2)cc1. The Bertz CT molecular complexity index is 864. The number of rotatable bonds is 4. The van der Waals surface area contributed by atoms with Crippen molar-refractivity contribution in [1.82, 2.24) is 4.31 Å². The normalized spacial score (nSPS) is 18.5. The number of benzene rings is 2. The van der Waals surface area contributed by atoms with Gasteiger partial charge < -0.3 is 4.90 Å². The highest BCUT2D eigenvalue weighted by Gasteiger charge is 2.39. The standard InChI is InChI=1S/C20H24N2O3S/c1-16-11-13-18(14-12-16)26(24,25)22-15-7-6-10-19(22)20(23)21(2)17-8-4-3-5-9-17/h3-5,8-9,11-14,19H,6-7,10,15H2,1-2H3/t19-/m1/s1. The lowest BCUT2D eigenvalue weighted by atomic mass is 10.0. The first kappa shape index (κ1) is 18.6. The number of para-hydroxylation sites is 1. The topological polar surface area (TPSA) is 57.7 Å². The molecule has 26 heavy (non-hydrogen) atoms. The van der Waals surface area contributed by atoms with Crippen LogP contribution in [0.5, 0.6) is 0 Å².